The maximum absolute atomic E-state index is 13.8. The van der Waals surface area contributed by atoms with Crippen LogP contribution in [0.1, 0.15) is 66.4 Å². The van der Waals surface area contributed by atoms with Crippen molar-refractivity contribution >= 4 is 29.3 Å². The van der Waals surface area contributed by atoms with Crippen molar-refractivity contribution in [1.82, 2.24) is 20.3 Å². The number of carbonyl (C=O) groups is 4. The first-order chi connectivity index (χ1) is 21.7. The minimum Gasteiger partial charge on any atom is -0.468 e. The van der Waals surface area contributed by atoms with Crippen LogP contribution in [0.2, 0.25) is 0 Å². The molecule has 2 amide bonds. The molecule has 0 spiro atoms. The number of aromatic nitrogens is 3. The average Bonchev–Trinajstić information content (AvgIpc) is 3.42. The molecular weight excluding hydrogens is 586 g/mol. The second kappa shape index (κ2) is 14.4. The Hall–Kier alpha value is -4.38. The zero-order valence-electron chi connectivity index (χ0n) is 27.9. The topological polar surface area (TPSA) is 133 Å². The van der Waals surface area contributed by atoms with E-state index in [0.29, 0.717) is 35.7 Å². The summed E-state index contributed by atoms with van der Waals surface area (Å²) in [6.07, 6.45) is 0.585. The minimum absolute atomic E-state index is 0.00296. The molecule has 11 nitrogen and oxygen atoms in total. The van der Waals surface area contributed by atoms with E-state index in [1.165, 1.54) is 11.8 Å². The molecular formula is C35H45N5O6. The first-order valence-electron chi connectivity index (χ1n) is 15.7. The average molecular weight is 632 g/mol. The van der Waals surface area contributed by atoms with Crippen molar-refractivity contribution < 1.29 is 28.7 Å². The van der Waals surface area contributed by atoms with Crippen LogP contribution in [0, 0.1) is 11.3 Å². The summed E-state index contributed by atoms with van der Waals surface area (Å²) in [4.78, 5) is 53.0. The molecule has 1 N–H and O–H groups in total. The molecule has 0 atom stereocenters. The lowest BCUT2D eigenvalue weighted by Gasteiger charge is -2.30. The molecule has 11 heteroatoms. The Bertz CT molecular complexity index is 1590. The van der Waals surface area contributed by atoms with Gasteiger partial charge in [-0.05, 0) is 31.9 Å². The smallest absolute Gasteiger partial charge is 0.327 e. The zero-order chi connectivity index (χ0) is 33.6. The number of nitrogens with one attached hydrogen (secondary N) is 1. The molecule has 0 radical (unpaired) electrons. The Morgan fingerprint density at radius 1 is 0.957 bits per heavy atom. The number of amides is 2. The molecule has 0 fully saturated rings. The molecule has 3 aromatic rings. The van der Waals surface area contributed by atoms with Crippen LogP contribution in [-0.4, -0.2) is 64.4 Å². The molecule has 0 unspecified atom stereocenters. The van der Waals surface area contributed by atoms with Gasteiger partial charge in [0.1, 0.15) is 18.0 Å². The fourth-order valence-corrected chi connectivity index (χ4v) is 5.63. The molecule has 4 rings (SSSR count). The molecule has 246 valence electrons. The van der Waals surface area contributed by atoms with E-state index in [1.54, 1.807) is 4.90 Å². The van der Waals surface area contributed by atoms with Crippen LogP contribution in [0.25, 0.3) is 22.5 Å². The summed E-state index contributed by atoms with van der Waals surface area (Å²) in [5, 5.41) is 11.6. The first kappa shape index (κ1) is 34.5. The monoisotopic (exact) mass is 631 g/mol. The number of methoxy groups -OCH3 is 1. The number of hydrogen-bond acceptors (Lipinski definition) is 8. The Labute approximate surface area is 270 Å². The number of rotatable bonds is 13. The molecule has 2 heterocycles. The lowest BCUT2D eigenvalue weighted by atomic mass is 9.80. The summed E-state index contributed by atoms with van der Waals surface area (Å²) < 4.78 is 12.4. The third kappa shape index (κ3) is 8.06. The quantitative estimate of drug-likeness (QED) is 0.262. The Kier molecular flexibility index (Phi) is 10.8. The summed E-state index contributed by atoms with van der Waals surface area (Å²) in [6.45, 7) is 12.2. The van der Waals surface area contributed by atoms with Crippen LogP contribution < -0.4 is 10.2 Å². The van der Waals surface area contributed by atoms with Gasteiger partial charge in [0.05, 0.1) is 30.6 Å². The summed E-state index contributed by atoms with van der Waals surface area (Å²) in [6, 6.07) is 15.1. The first-order valence-corrected chi connectivity index (χ1v) is 15.7. The van der Waals surface area contributed by atoms with Crippen LogP contribution in [0.3, 0.4) is 0 Å². The number of fused-ring (bicyclic) bond motifs is 5. The Morgan fingerprint density at radius 3 is 2.33 bits per heavy atom. The van der Waals surface area contributed by atoms with E-state index in [9.17, 15) is 19.2 Å². The number of carbonyl (C=O) groups excluding carboxylic acids is 4. The molecule has 1 aliphatic heterocycles. The van der Waals surface area contributed by atoms with Crippen LogP contribution >= 0.6 is 0 Å². The second-order valence-corrected chi connectivity index (χ2v) is 13.2. The fraction of sp³-hybridized carbons (Fsp3) is 0.486. The third-order valence-electron chi connectivity index (χ3n) is 8.28. The van der Waals surface area contributed by atoms with Crippen molar-refractivity contribution in [2.24, 2.45) is 11.3 Å². The maximum Gasteiger partial charge on any atom is 0.327 e. The highest BCUT2D eigenvalue weighted by Crippen LogP contribution is 2.41. The van der Waals surface area contributed by atoms with E-state index in [0.717, 1.165) is 11.1 Å². The van der Waals surface area contributed by atoms with Gasteiger partial charge in [-0.15, -0.1) is 5.10 Å². The lowest BCUT2D eigenvalue weighted by molar-refractivity contribution is -0.141. The van der Waals surface area contributed by atoms with Gasteiger partial charge in [0.15, 0.2) is 0 Å². The van der Waals surface area contributed by atoms with E-state index in [1.807, 2.05) is 90.1 Å². The van der Waals surface area contributed by atoms with Gasteiger partial charge in [-0.25, -0.2) is 4.68 Å². The van der Waals surface area contributed by atoms with Gasteiger partial charge in [0.25, 0.3) is 0 Å². The van der Waals surface area contributed by atoms with Crippen molar-refractivity contribution in [2.75, 3.05) is 25.2 Å². The Balaban J connectivity index is 1.44. The number of para-hydroxylation sites is 1. The van der Waals surface area contributed by atoms with E-state index in [2.05, 4.69) is 15.6 Å². The van der Waals surface area contributed by atoms with E-state index >= 15 is 0 Å². The van der Waals surface area contributed by atoms with Gasteiger partial charge in [-0.3, -0.25) is 19.2 Å². The highest BCUT2D eigenvalue weighted by molar-refractivity contribution is 6.01. The standard InChI is InChI=1S/C35H45N5O6/c1-23(2)33(44)34(3,4)18-19-46-35(5,6)22-36-28(41)16-17-29(42)39-20-24-12-8-9-13-25(24)32-31(26-14-10-11-15-27(26)39)37-38-40(32)21-30(43)45-7/h8-15,23H,16-22H2,1-7H3,(H,36,41). The van der Waals surface area contributed by atoms with Crippen LogP contribution in [-0.2, 0) is 41.7 Å². The predicted molar refractivity (Wildman–Crippen MR) is 175 cm³/mol. The summed E-state index contributed by atoms with van der Waals surface area (Å²) >= 11 is 0. The third-order valence-corrected chi connectivity index (χ3v) is 8.28. The van der Waals surface area contributed by atoms with Crippen molar-refractivity contribution in [1.29, 1.82) is 0 Å². The fourth-order valence-electron chi connectivity index (χ4n) is 5.63. The van der Waals surface area contributed by atoms with E-state index in [-0.39, 0.29) is 56.0 Å². The summed E-state index contributed by atoms with van der Waals surface area (Å²) in [5.41, 5.74) is 3.06. The highest BCUT2D eigenvalue weighted by atomic mass is 16.5. The number of Topliss-reactive ketones (excluding diaryl/α,β-unsaturated/α-hetero) is 1. The number of nitrogens with zero attached hydrogens (tertiary/aromatic N) is 4. The van der Waals surface area contributed by atoms with Crippen LogP contribution in [0.5, 0.6) is 0 Å². The number of anilines is 1. The molecule has 2 aromatic carbocycles. The highest BCUT2D eigenvalue weighted by Gasteiger charge is 2.32. The van der Waals surface area contributed by atoms with E-state index < -0.39 is 17.0 Å². The molecule has 0 bridgehead atoms. The van der Waals surface area contributed by atoms with Gasteiger partial charge in [0.2, 0.25) is 11.8 Å². The summed E-state index contributed by atoms with van der Waals surface area (Å²) in [5.74, 6) is -0.765. The predicted octanol–water partition coefficient (Wildman–Crippen LogP) is 4.96. The summed E-state index contributed by atoms with van der Waals surface area (Å²) in [7, 11) is 1.32. The maximum atomic E-state index is 13.8. The van der Waals surface area contributed by atoms with Crippen molar-refractivity contribution in [3.8, 4) is 22.5 Å². The number of esters is 1. The Morgan fingerprint density at radius 2 is 1.63 bits per heavy atom. The molecule has 1 aliphatic rings. The molecule has 0 saturated carbocycles. The molecule has 0 aliphatic carbocycles. The van der Waals surface area contributed by atoms with E-state index in [4.69, 9.17) is 9.47 Å². The van der Waals surface area contributed by atoms with Crippen molar-refractivity contribution in [2.45, 2.75) is 79.5 Å². The normalized spacial score (nSPS) is 12.8. The van der Waals surface area contributed by atoms with Gasteiger partial charge in [-0.1, -0.05) is 75.4 Å². The lowest BCUT2D eigenvalue weighted by Crippen LogP contribution is -2.42. The SMILES string of the molecule is COC(=O)Cn1nnc2c1-c1ccccc1CN(C(=O)CCC(=O)NCC(C)(C)OCCC(C)(C)C(=O)C(C)C)c1ccccc1-2. The van der Waals surface area contributed by atoms with Gasteiger partial charge >= 0.3 is 5.97 Å². The van der Waals surface area contributed by atoms with Crippen molar-refractivity contribution in [3.63, 3.8) is 0 Å². The number of ketones is 1. The largest absolute Gasteiger partial charge is 0.468 e. The molecule has 1 aromatic heterocycles. The number of hydrogen-bond donors (Lipinski definition) is 1. The van der Waals surface area contributed by atoms with Gasteiger partial charge < -0.3 is 19.7 Å². The van der Waals surface area contributed by atoms with Crippen LogP contribution in [0.15, 0.2) is 48.5 Å². The van der Waals surface area contributed by atoms with Crippen LogP contribution in [0.4, 0.5) is 5.69 Å². The van der Waals surface area contributed by atoms with Gasteiger partial charge in [-0.2, -0.15) is 0 Å². The number of ether oxygens (including phenoxy) is 2. The number of benzene rings is 2. The van der Waals surface area contributed by atoms with Crippen molar-refractivity contribution in [3.05, 3.63) is 54.1 Å². The van der Waals surface area contributed by atoms with Gasteiger partial charge in [0, 0.05) is 48.5 Å². The second-order valence-electron chi connectivity index (χ2n) is 13.2. The zero-order valence-corrected chi connectivity index (χ0v) is 27.9. The minimum atomic E-state index is -0.647. The molecule has 46 heavy (non-hydrogen) atoms. The molecule has 0 saturated heterocycles.